The van der Waals surface area contributed by atoms with Gasteiger partial charge in [0.2, 0.25) is 17.4 Å². The first-order valence-corrected chi connectivity index (χ1v) is 11.6. The molecule has 0 bridgehead atoms. The summed E-state index contributed by atoms with van der Waals surface area (Å²) in [6.45, 7) is 3.09. The van der Waals surface area contributed by atoms with E-state index >= 15 is 0 Å². The van der Waals surface area contributed by atoms with Crippen molar-refractivity contribution in [1.82, 2.24) is 5.16 Å². The molecule has 0 aliphatic heterocycles. The van der Waals surface area contributed by atoms with E-state index in [2.05, 4.69) is 24.1 Å². The number of hydrogen-bond acceptors (Lipinski definition) is 10. The molecule has 3 aromatic rings. The van der Waals surface area contributed by atoms with Gasteiger partial charge in [0.25, 0.3) is 0 Å². The van der Waals surface area contributed by atoms with Crippen LogP contribution in [0.25, 0.3) is 11.3 Å². The average Bonchev–Trinajstić information content (AvgIpc) is 3.44. The number of aromatic nitrogens is 1. The molecule has 42 heavy (non-hydrogen) atoms. The summed E-state index contributed by atoms with van der Waals surface area (Å²) < 4.78 is 104. The highest BCUT2D eigenvalue weighted by molar-refractivity contribution is 6.38. The molecule has 0 aliphatic rings. The summed E-state index contributed by atoms with van der Waals surface area (Å²) in [7, 11) is 1.88. The van der Waals surface area contributed by atoms with Crippen LogP contribution in [0.15, 0.2) is 22.7 Å². The third kappa shape index (κ3) is 7.44. The second kappa shape index (κ2) is 14.7. The molecule has 0 saturated heterocycles. The second-order valence-electron chi connectivity index (χ2n) is 7.67. The zero-order valence-corrected chi connectivity index (χ0v) is 22.2. The summed E-state index contributed by atoms with van der Waals surface area (Å²) in [5.41, 5.74) is -1.52. The number of hydrogen-bond donors (Lipinski definition) is 0. The van der Waals surface area contributed by atoms with Crippen LogP contribution in [0, 0.1) is 34.9 Å². The molecule has 0 atom stereocenters. The predicted molar refractivity (Wildman–Crippen MR) is 128 cm³/mol. The zero-order chi connectivity index (χ0) is 31.7. The Bertz CT molecular complexity index is 1510. The SMILES string of the molecule is CCOC(=O)C(=O)CC(=O)c1cc(F)c(F)c(OC)c1F.CCOC(=O)c1cc(-c2cc(F)c(F)c(OC)c2F)on1. The quantitative estimate of drug-likeness (QED) is 0.0796. The summed E-state index contributed by atoms with van der Waals surface area (Å²) in [6, 6.07) is 1.95. The van der Waals surface area contributed by atoms with Crippen molar-refractivity contribution in [1.29, 1.82) is 0 Å². The van der Waals surface area contributed by atoms with Crippen molar-refractivity contribution in [2.45, 2.75) is 20.3 Å². The number of ketones is 2. The molecule has 0 aliphatic carbocycles. The number of carbonyl (C=O) groups excluding carboxylic acids is 4. The van der Waals surface area contributed by atoms with Gasteiger partial charge in [-0.2, -0.15) is 8.78 Å². The molecular weight excluding hydrogens is 584 g/mol. The van der Waals surface area contributed by atoms with Gasteiger partial charge in [0.05, 0.1) is 45.0 Å². The average molecular weight is 605 g/mol. The van der Waals surface area contributed by atoms with Crippen LogP contribution in [0.2, 0.25) is 0 Å². The first kappa shape index (κ1) is 33.3. The van der Waals surface area contributed by atoms with Crippen LogP contribution in [0.5, 0.6) is 11.5 Å². The van der Waals surface area contributed by atoms with Gasteiger partial charge in [0, 0.05) is 6.07 Å². The van der Waals surface area contributed by atoms with Gasteiger partial charge in [0.1, 0.15) is 0 Å². The Labute approximate surface area is 233 Å². The molecule has 3 rings (SSSR count). The molecule has 0 radical (unpaired) electrons. The number of methoxy groups -OCH3 is 2. The van der Waals surface area contributed by atoms with Crippen LogP contribution < -0.4 is 9.47 Å². The monoisotopic (exact) mass is 605 g/mol. The molecule has 0 unspecified atom stereocenters. The molecule has 226 valence electrons. The fourth-order valence-electron chi connectivity index (χ4n) is 3.13. The highest BCUT2D eigenvalue weighted by Gasteiger charge is 2.27. The lowest BCUT2D eigenvalue weighted by Gasteiger charge is -2.08. The van der Waals surface area contributed by atoms with Crippen molar-refractivity contribution in [2.24, 2.45) is 0 Å². The number of Topliss-reactive ketones (excluding diaryl/α,β-unsaturated/α-hetero) is 2. The maximum absolute atomic E-state index is 14.0. The Balaban J connectivity index is 0.000000293. The van der Waals surface area contributed by atoms with E-state index in [1.165, 1.54) is 6.92 Å². The Hall–Kier alpha value is -4.89. The molecule has 0 amide bonds. The third-order valence-corrected chi connectivity index (χ3v) is 5.02. The molecule has 0 N–H and O–H groups in total. The topological polar surface area (TPSA) is 131 Å². The normalized spacial score (nSPS) is 10.3. The fourth-order valence-corrected chi connectivity index (χ4v) is 3.13. The van der Waals surface area contributed by atoms with Crippen LogP contribution >= 0.6 is 0 Å². The Morgan fingerprint density at radius 1 is 0.762 bits per heavy atom. The lowest BCUT2D eigenvalue weighted by molar-refractivity contribution is -0.153. The standard InChI is InChI=1S/C13H10F3NO4.C13H11F3O5/c1-3-20-13(18)8-5-9(21-17-8)6-4-7(14)11(16)12(19-2)10(6)15;1-3-21-13(19)9(18)5-8(17)6-4-7(14)11(16)12(20-2)10(6)15/h4-5H,3H2,1-2H3;4H,3,5H2,1-2H3. The number of halogens is 6. The molecule has 1 heterocycles. The molecule has 0 saturated carbocycles. The number of nitrogens with zero attached hydrogens (tertiary/aromatic N) is 1. The molecule has 16 heteroatoms. The van der Waals surface area contributed by atoms with Crippen LogP contribution in [0.4, 0.5) is 26.3 Å². The van der Waals surface area contributed by atoms with E-state index in [-0.39, 0.29) is 24.7 Å². The lowest BCUT2D eigenvalue weighted by atomic mass is 10.0. The number of carbonyl (C=O) groups is 4. The highest BCUT2D eigenvalue weighted by atomic mass is 19.2. The van der Waals surface area contributed by atoms with Gasteiger partial charge in [-0.15, -0.1) is 0 Å². The van der Waals surface area contributed by atoms with Crippen LogP contribution in [0.3, 0.4) is 0 Å². The number of rotatable bonds is 10. The van der Waals surface area contributed by atoms with E-state index in [0.29, 0.717) is 12.1 Å². The maximum Gasteiger partial charge on any atom is 0.375 e. The number of benzene rings is 2. The van der Waals surface area contributed by atoms with E-state index in [9.17, 15) is 45.5 Å². The van der Waals surface area contributed by atoms with Crippen molar-refractivity contribution >= 4 is 23.5 Å². The van der Waals surface area contributed by atoms with Crippen molar-refractivity contribution < 1.29 is 69.0 Å². The Morgan fingerprint density at radius 3 is 1.86 bits per heavy atom. The smallest absolute Gasteiger partial charge is 0.375 e. The number of ether oxygens (including phenoxy) is 4. The van der Waals surface area contributed by atoms with Gasteiger partial charge >= 0.3 is 11.9 Å². The minimum atomic E-state index is -1.59. The van der Waals surface area contributed by atoms with E-state index < -0.39 is 87.5 Å². The van der Waals surface area contributed by atoms with Crippen LogP contribution in [-0.2, 0) is 19.1 Å². The fraction of sp³-hybridized carbons (Fsp3) is 0.269. The Morgan fingerprint density at radius 2 is 1.31 bits per heavy atom. The largest absolute Gasteiger partial charge is 0.491 e. The minimum absolute atomic E-state index is 0.0773. The van der Waals surface area contributed by atoms with Gasteiger partial charge in [-0.05, 0) is 26.0 Å². The third-order valence-electron chi connectivity index (χ3n) is 5.02. The number of esters is 2. The van der Waals surface area contributed by atoms with Crippen molar-refractivity contribution in [3.63, 3.8) is 0 Å². The Kier molecular flexibility index (Phi) is 11.6. The lowest BCUT2D eigenvalue weighted by Crippen LogP contribution is -2.21. The molecular formula is C26H21F6NO9. The van der Waals surface area contributed by atoms with Gasteiger partial charge in [-0.3, -0.25) is 9.59 Å². The van der Waals surface area contributed by atoms with Crippen molar-refractivity contribution in [2.75, 3.05) is 27.4 Å². The van der Waals surface area contributed by atoms with E-state index in [1.807, 2.05) is 0 Å². The summed E-state index contributed by atoms with van der Waals surface area (Å²) in [5.74, 6) is -15.2. The molecule has 10 nitrogen and oxygen atoms in total. The zero-order valence-electron chi connectivity index (χ0n) is 22.2. The molecule has 2 aromatic carbocycles. The molecule has 0 fully saturated rings. The van der Waals surface area contributed by atoms with Crippen LogP contribution in [0.1, 0.15) is 41.1 Å². The summed E-state index contributed by atoms with van der Waals surface area (Å²) in [4.78, 5) is 45.5. The minimum Gasteiger partial charge on any atom is -0.491 e. The maximum atomic E-state index is 14.0. The second-order valence-corrected chi connectivity index (χ2v) is 7.67. The first-order chi connectivity index (χ1) is 19.8. The summed E-state index contributed by atoms with van der Waals surface area (Å²) in [5, 5.41) is 3.39. The van der Waals surface area contributed by atoms with E-state index in [0.717, 1.165) is 20.3 Å². The molecule has 1 aromatic heterocycles. The van der Waals surface area contributed by atoms with Gasteiger partial charge in [-0.25, -0.2) is 27.2 Å². The predicted octanol–water partition coefficient (Wildman–Crippen LogP) is 4.76. The summed E-state index contributed by atoms with van der Waals surface area (Å²) >= 11 is 0. The highest BCUT2D eigenvalue weighted by Crippen LogP contribution is 2.33. The molecule has 0 spiro atoms. The van der Waals surface area contributed by atoms with Gasteiger partial charge < -0.3 is 23.5 Å². The van der Waals surface area contributed by atoms with Crippen molar-refractivity contribution in [3.8, 4) is 22.8 Å². The van der Waals surface area contributed by atoms with E-state index in [4.69, 9.17) is 4.52 Å². The first-order valence-electron chi connectivity index (χ1n) is 11.6. The van der Waals surface area contributed by atoms with Gasteiger partial charge in [-0.1, -0.05) is 5.16 Å². The van der Waals surface area contributed by atoms with Crippen LogP contribution in [-0.4, -0.2) is 56.1 Å². The van der Waals surface area contributed by atoms with E-state index in [1.54, 1.807) is 6.92 Å². The van der Waals surface area contributed by atoms with Gasteiger partial charge in [0.15, 0.2) is 52.0 Å². The van der Waals surface area contributed by atoms with Crippen molar-refractivity contribution in [3.05, 3.63) is 64.4 Å². The summed E-state index contributed by atoms with van der Waals surface area (Å²) in [6.07, 6.45) is -1.02.